The lowest BCUT2D eigenvalue weighted by Gasteiger charge is -2.31. The van der Waals surface area contributed by atoms with Crippen molar-refractivity contribution in [2.24, 2.45) is 5.92 Å². The zero-order valence-corrected chi connectivity index (χ0v) is 13.5. The number of rotatable bonds is 4. The smallest absolute Gasteiger partial charge is 0.222 e. The van der Waals surface area contributed by atoms with Crippen LogP contribution in [0.3, 0.4) is 0 Å². The van der Waals surface area contributed by atoms with E-state index in [4.69, 9.17) is 0 Å². The van der Waals surface area contributed by atoms with Crippen molar-refractivity contribution in [3.8, 4) is 11.1 Å². The Morgan fingerprint density at radius 1 is 1.22 bits per heavy atom. The zero-order chi connectivity index (χ0) is 16.1. The van der Waals surface area contributed by atoms with E-state index in [0.717, 1.165) is 38.0 Å². The van der Waals surface area contributed by atoms with Crippen LogP contribution in [0.1, 0.15) is 18.4 Å². The highest BCUT2D eigenvalue weighted by Gasteiger charge is 2.24. The van der Waals surface area contributed by atoms with Gasteiger partial charge in [-0.2, -0.15) is 0 Å². The summed E-state index contributed by atoms with van der Waals surface area (Å²) in [4.78, 5) is 18.4. The average molecular weight is 309 g/mol. The molecule has 0 unspecified atom stereocenters. The van der Waals surface area contributed by atoms with Gasteiger partial charge in [0.15, 0.2) is 0 Å². The summed E-state index contributed by atoms with van der Waals surface area (Å²) >= 11 is 0. The average Bonchev–Trinajstić information content (AvgIpc) is 2.63. The number of hydrogen-bond donors (Lipinski definition) is 1. The number of carbonyl (C=O) groups excluding carboxylic acids is 1. The second-order valence-electron chi connectivity index (χ2n) is 6.06. The van der Waals surface area contributed by atoms with Gasteiger partial charge in [0.25, 0.3) is 0 Å². The van der Waals surface area contributed by atoms with Gasteiger partial charge in [0.2, 0.25) is 5.91 Å². The lowest BCUT2D eigenvalue weighted by Crippen LogP contribution is -2.39. The standard InChI is InChI=1S/C19H23N3O/c1-20-19(23)15-8-11-22(12-9-15)14-17-5-2-3-7-18(17)16-6-4-10-21-13-16/h2-7,10,13,15H,8-9,11-12,14H2,1H3,(H,20,23). The highest BCUT2D eigenvalue weighted by Crippen LogP contribution is 2.26. The Hall–Kier alpha value is -2.20. The molecule has 1 aromatic heterocycles. The van der Waals surface area contributed by atoms with Crippen molar-refractivity contribution in [3.63, 3.8) is 0 Å². The van der Waals surface area contributed by atoms with Crippen molar-refractivity contribution in [1.29, 1.82) is 0 Å². The Morgan fingerprint density at radius 2 is 2.00 bits per heavy atom. The van der Waals surface area contributed by atoms with Crippen LogP contribution in [0.15, 0.2) is 48.8 Å². The molecule has 0 aliphatic carbocycles. The fraction of sp³-hybridized carbons (Fsp3) is 0.368. The van der Waals surface area contributed by atoms with Crippen LogP contribution < -0.4 is 5.32 Å². The number of likely N-dealkylation sites (tertiary alicyclic amines) is 1. The van der Waals surface area contributed by atoms with Gasteiger partial charge in [-0.05, 0) is 43.1 Å². The predicted octanol–water partition coefficient (Wildman–Crippen LogP) is 2.71. The van der Waals surface area contributed by atoms with E-state index in [0.29, 0.717) is 0 Å². The number of nitrogens with one attached hydrogen (secondary N) is 1. The van der Waals surface area contributed by atoms with Crippen LogP contribution in [-0.2, 0) is 11.3 Å². The van der Waals surface area contributed by atoms with Gasteiger partial charge in [0, 0.05) is 37.5 Å². The molecule has 23 heavy (non-hydrogen) atoms. The van der Waals surface area contributed by atoms with Gasteiger partial charge in [-0.1, -0.05) is 30.3 Å². The van der Waals surface area contributed by atoms with E-state index < -0.39 is 0 Å². The van der Waals surface area contributed by atoms with Crippen molar-refractivity contribution < 1.29 is 4.79 Å². The Kier molecular flexibility index (Phi) is 5.03. The lowest BCUT2D eigenvalue weighted by atomic mass is 9.94. The summed E-state index contributed by atoms with van der Waals surface area (Å²) in [5, 5.41) is 2.77. The molecular formula is C19H23N3O. The summed E-state index contributed by atoms with van der Waals surface area (Å²) in [6, 6.07) is 12.6. The van der Waals surface area contributed by atoms with E-state index in [9.17, 15) is 4.79 Å². The van der Waals surface area contributed by atoms with E-state index >= 15 is 0 Å². The Bertz CT molecular complexity index is 649. The van der Waals surface area contributed by atoms with Crippen molar-refractivity contribution in [2.75, 3.05) is 20.1 Å². The van der Waals surface area contributed by atoms with Crippen molar-refractivity contribution in [3.05, 3.63) is 54.4 Å². The van der Waals surface area contributed by atoms with E-state index in [-0.39, 0.29) is 11.8 Å². The first kappa shape index (κ1) is 15.7. The summed E-state index contributed by atoms with van der Waals surface area (Å²) in [6.07, 6.45) is 5.59. The molecule has 4 nitrogen and oxygen atoms in total. The molecule has 0 bridgehead atoms. The van der Waals surface area contributed by atoms with E-state index in [2.05, 4.69) is 45.5 Å². The van der Waals surface area contributed by atoms with Gasteiger partial charge in [0.05, 0.1) is 0 Å². The fourth-order valence-corrected chi connectivity index (χ4v) is 3.26. The molecule has 0 atom stereocenters. The van der Waals surface area contributed by atoms with Crippen molar-refractivity contribution in [2.45, 2.75) is 19.4 Å². The molecule has 2 heterocycles. The highest BCUT2D eigenvalue weighted by atomic mass is 16.1. The van der Waals surface area contributed by atoms with Gasteiger partial charge < -0.3 is 5.32 Å². The summed E-state index contributed by atoms with van der Waals surface area (Å²) in [6.45, 7) is 2.87. The minimum Gasteiger partial charge on any atom is -0.359 e. The summed E-state index contributed by atoms with van der Waals surface area (Å²) in [5.41, 5.74) is 3.72. The minimum atomic E-state index is 0.171. The molecule has 1 aromatic carbocycles. The third-order valence-corrected chi connectivity index (χ3v) is 4.59. The number of nitrogens with zero attached hydrogens (tertiary/aromatic N) is 2. The normalized spacial score (nSPS) is 16.2. The maximum absolute atomic E-state index is 11.7. The van der Waals surface area contributed by atoms with Crippen LogP contribution in [-0.4, -0.2) is 35.9 Å². The third-order valence-electron chi connectivity index (χ3n) is 4.59. The van der Waals surface area contributed by atoms with E-state index in [1.165, 1.54) is 11.1 Å². The second kappa shape index (κ2) is 7.38. The van der Waals surface area contributed by atoms with Gasteiger partial charge in [0.1, 0.15) is 0 Å². The Labute approximate surface area is 137 Å². The zero-order valence-electron chi connectivity index (χ0n) is 13.5. The molecule has 2 aromatic rings. The van der Waals surface area contributed by atoms with Crippen LogP contribution in [0.2, 0.25) is 0 Å². The SMILES string of the molecule is CNC(=O)C1CCN(Cc2ccccc2-c2cccnc2)CC1. The number of amides is 1. The van der Waals surface area contributed by atoms with Crippen molar-refractivity contribution in [1.82, 2.24) is 15.2 Å². The van der Waals surface area contributed by atoms with E-state index in [1.807, 2.05) is 12.3 Å². The molecule has 1 fully saturated rings. The van der Waals surface area contributed by atoms with Crippen LogP contribution >= 0.6 is 0 Å². The molecule has 1 aliphatic rings. The molecule has 1 N–H and O–H groups in total. The third kappa shape index (κ3) is 3.77. The summed E-state index contributed by atoms with van der Waals surface area (Å²) in [5.74, 6) is 0.352. The van der Waals surface area contributed by atoms with Crippen LogP contribution in [0, 0.1) is 5.92 Å². The number of piperidine rings is 1. The molecule has 1 amide bonds. The lowest BCUT2D eigenvalue weighted by molar-refractivity contribution is -0.125. The van der Waals surface area contributed by atoms with Gasteiger partial charge in [-0.3, -0.25) is 14.7 Å². The summed E-state index contributed by atoms with van der Waals surface area (Å²) < 4.78 is 0. The number of hydrogen-bond acceptors (Lipinski definition) is 3. The number of pyridine rings is 1. The molecular weight excluding hydrogens is 286 g/mol. The molecule has 0 spiro atoms. The molecule has 0 saturated carbocycles. The molecule has 120 valence electrons. The first-order valence-electron chi connectivity index (χ1n) is 8.20. The molecule has 1 aliphatic heterocycles. The number of benzene rings is 1. The maximum Gasteiger partial charge on any atom is 0.222 e. The molecule has 1 saturated heterocycles. The predicted molar refractivity (Wildman–Crippen MR) is 91.7 cm³/mol. The van der Waals surface area contributed by atoms with Gasteiger partial charge in [-0.25, -0.2) is 0 Å². The highest BCUT2D eigenvalue weighted by molar-refractivity contribution is 5.78. The first-order chi connectivity index (χ1) is 11.3. The second-order valence-corrected chi connectivity index (χ2v) is 6.06. The van der Waals surface area contributed by atoms with Crippen LogP contribution in [0.5, 0.6) is 0 Å². The molecule has 3 rings (SSSR count). The topological polar surface area (TPSA) is 45.2 Å². The fourth-order valence-electron chi connectivity index (χ4n) is 3.26. The van der Waals surface area contributed by atoms with Gasteiger partial charge in [-0.15, -0.1) is 0 Å². The van der Waals surface area contributed by atoms with Crippen molar-refractivity contribution >= 4 is 5.91 Å². The summed E-state index contributed by atoms with van der Waals surface area (Å²) in [7, 11) is 1.72. The van der Waals surface area contributed by atoms with E-state index in [1.54, 1.807) is 13.2 Å². The molecule has 0 radical (unpaired) electrons. The number of aromatic nitrogens is 1. The number of carbonyl (C=O) groups is 1. The maximum atomic E-state index is 11.7. The quantitative estimate of drug-likeness (QED) is 0.944. The Balaban J connectivity index is 1.69. The van der Waals surface area contributed by atoms with Crippen LogP contribution in [0.4, 0.5) is 0 Å². The van der Waals surface area contributed by atoms with Gasteiger partial charge >= 0.3 is 0 Å². The van der Waals surface area contributed by atoms with Crippen LogP contribution in [0.25, 0.3) is 11.1 Å². The minimum absolute atomic E-state index is 0.171. The Morgan fingerprint density at radius 3 is 2.70 bits per heavy atom. The monoisotopic (exact) mass is 309 g/mol. The largest absolute Gasteiger partial charge is 0.359 e. The first-order valence-corrected chi connectivity index (χ1v) is 8.20. The molecule has 4 heteroatoms.